The van der Waals surface area contributed by atoms with Gasteiger partial charge in [-0.3, -0.25) is 4.79 Å². The Balaban J connectivity index is 1.83. The van der Waals surface area contributed by atoms with Gasteiger partial charge in [0.2, 0.25) is 5.91 Å². The van der Waals surface area contributed by atoms with Crippen LogP contribution in [-0.2, 0) is 11.2 Å². The molecule has 1 atom stereocenters. The SMILES string of the molecule is Cc1cc(F)ccc1NC(=O)C1CCCc2ccccc21. The van der Waals surface area contributed by atoms with Crippen LogP contribution in [0.25, 0.3) is 0 Å². The van der Waals surface area contributed by atoms with Crippen molar-refractivity contribution in [2.45, 2.75) is 32.1 Å². The number of fused-ring (bicyclic) bond motifs is 1. The van der Waals surface area contributed by atoms with Crippen LogP contribution >= 0.6 is 0 Å². The number of halogens is 1. The van der Waals surface area contributed by atoms with Gasteiger partial charge < -0.3 is 5.32 Å². The van der Waals surface area contributed by atoms with Gasteiger partial charge in [0.15, 0.2) is 0 Å². The lowest BCUT2D eigenvalue weighted by atomic mass is 9.82. The molecule has 2 nitrogen and oxygen atoms in total. The van der Waals surface area contributed by atoms with Crippen LogP contribution in [0.15, 0.2) is 42.5 Å². The molecule has 0 saturated carbocycles. The zero-order valence-electron chi connectivity index (χ0n) is 12.0. The van der Waals surface area contributed by atoms with Gasteiger partial charge in [0.1, 0.15) is 5.82 Å². The van der Waals surface area contributed by atoms with Crippen molar-refractivity contribution in [3.8, 4) is 0 Å². The van der Waals surface area contributed by atoms with Gasteiger partial charge >= 0.3 is 0 Å². The number of anilines is 1. The Morgan fingerprint density at radius 3 is 2.86 bits per heavy atom. The van der Waals surface area contributed by atoms with Crippen LogP contribution in [0.1, 0.15) is 35.4 Å². The molecule has 3 rings (SSSR count). The van der Waals surface area contributed by atoms with Crippen LogP contribution in [0.4, 0.5) is 10.1 Å². The fourth-order valence-electron chi connectivity index (χ4n) is 3.01. The van der Waals surface area contributed by atoms with E-state index in [4.69, 9.17) is 0 Å². The third kappa shape index (κ3) is 2.82. The minimum absolute atomic E-state index is 0.00291. The van der Waals surface area contributed by atoms with Crippen LogP contribution in [-0.4, -0.2) is 5.91 Å². The lowest BCUT2D eigenvalue weighted by molar-refractivity contribution is -0.117. The average molecular weight is 283 g/mol. The van der Waals surface area contributed by atoms with E-state index in [0.29, 0.717) is 5.69 Å². The maximum absolute atomic E-state index is 13.1. The molecule has 0 radical (unpaired) electrons. The molecule has 108 valence electrons. The van der Waals surface area contributed by atoms with E-state index < -0.39 is 0 Å². The molecular formula is C18H18FNO. The topological polar surface area (TPSA) is 29.1 Å². The van der Waals surface area contributed by atoms with Gasteiger partial charge in [0.05, 0.1) is 5.92 Å². The second kappa shape index (κ2) is 5.68. The summed E-state index contributed by atoms with van der Waals surface area (Å²) in [5.74, 6) is -0.398. The van der Waals surface area contributed by atoms with Crippen molar-refractivity contribution in [1.29, 1.82) is 0 Å². The second-order valence-electron chi connectivity index (χ2n) is 5.59. The van der Waals surface area contributed by atoms with E-state index in [9.17, 15) is 9.18 Å². The summed E-state index contributed by atoms with van der Waals surface area (Å²) in [4.78, 5) is 12.6. The summed E-state index contributed by atoms with van der Waals surface area (Å²) < 4.78 is 13.1. The molecule has 0 spiro atoms. The Morgan fingerprint density at radius 1 is 1.24 bits per heavy atom. The lowest BCUT2D eigenvalue weighted by Crippen LogP contribution is -2.25. The Morgan fingerprint density at radius 2 is 2.05 bits per heavy atom. The highest BCUT2D eigenvalue weighted by Crippen LogP contribution is 2.32. The van der Waals surface area contributed by atoms with Gasteiger partial charge in [0, 0.05) is 5.69 Å². The first-order chi connectivity index (χ1) is 10.1. The zero-order chi connectivity index (χ0) is 14.8. The molecule has 1 N–H and O–H groups in total. The number of benzene rings is 2. The first-order valence-electron chi connectivity index (χ1n) is 7.30. The normalized spacial score (nSPS) is 17.1. The van der Waals surface area contributed by atoms with Gasteiger partial charge in [-0.15, -0.1) is 0 Å². The number of hydrogen-bond donors (Lipinski definition) is 1. The number of rotatable bonds is 2. The van der Waals surface area contributed by atoms with Gasteiger partial charge in [0.25, 0.3) is 0 Å². The van der Waals surface area contributed by atoms with Crippen LogP contribution < -0.4 is 5.32 Å². The third-order valence-corrected chi connectivity index (χ3v) is 4.13. The van der Waals surface area contributed by atoms with Crippen molar-refractivity contribution in [3.63, 3.8) is 0 Å². The van der Waals surface area contributed by atoms with Crippen LogP contribution in [0, 0.1) is 12.7 Å². The van der Waals surface area contributed by atoms with E-state index >= 15 is 0 Å². The highest BCUT2D eigenvalue weighted by Gasteiger charge is 2.26. The summed E-state index contributed by atoms with van der Waals surface area (Å²) in [6.45, 7) is 1.80. The Labute approximate surface area is 124 Å². The molecule has 0 saturated heterocycles. The molecule has 1 amide bonds. The third-order valence-electron chi connectivity index (χ3n) is 4.13. The number of amides is 1. The monoisotopic (exact) mass is 283 g/mol. The van der Waals surface area contributed by atoms with Crippen molar-refractivity contribution < 1.29 is 9.18 Å². The van der Waals surface area contributed by atoms with Gasteiger partial charge in [-0.1, -0.05) is 24.3 Å². The van der Waals surface area contributed by atoms with Crippen molar-refractivity contribution in [2.24, 2.45) is 0 Å². The largest absolute Gasteiger partial charge is 0.325 e. The maximum atomic E-state index is 13.1. The van der Waals surface area contributed by atoms with Crippen molar-refractivity contribution >= 4 is 11.6 Å². The minimum Gasteiger partial charge on any atom is -0.325 e. The first kappa shape index (κ1) is 13.8. The van der Waals surface area contributed by atoms with Gasteiger partial charge in [-0.25, -0.2) is 4.39 Å². The number of carbonyl (C=O) groups excluding carboxylic acids is 1. The molecule has 21 heavy (non-hydrogen) atoms. The quantitative estimate of drug-likeness (QED) is 0.879. The molecule has 3 heteroatoms. The number of hydrogen-bond acceptors (Lipinski definition) is 1. The van der Waals surface area contributed by atoms with E-state index in [1.165, 1.54) is 17.7 Å². The fraction of sp³-hybridized carbons (Fsp3) is 0.278. The second-order valence-corrected chi connectivity index (χ2v) is 5.59. The van der Waals surface area contributed by atoms with Crippen molar-refractivity contribution in [2.75, 3.05) is 5.32 Å². The molecule has 0 fully saturated rings. The van der Waals surface area contributed by atoms with E-state index in [2.05, 4.69) is 11.4 Å². The van der Waals surface area contributed by atoms with Gasteiger partial charge in [-0.05, 0) is 61.1 Å². The predicted molar refractivity (Wildman–Crippen MR) is 81.9 cm³/mol. The number of nitrogens with one attached hydrogen (secondary N) is 1. The first-order valence-corrected chi connectivity index (χ1v) is 7.30. The highest BCUT2D eigenvalue weighted by molar-refractivity contribution is 5.96. The Bertz CT molecular complexity index is 681. The van der Waals surface area contributed by atoms with Crippen molar-refractivity contribution in [3.05, 3.63) is 65.0 Å². The summed E-state index contributed by atoms with van der Waals surface area (Å²) in [6, 6.07) is 12.6. The summed E-state index contributed by atoms with van der Waals surface area (Å²) >= 11 is 0. The number of carbonyl (C=O) groups is 1. The summed E-state index contributed by atoms with van der Waals surface area (Å²) in [5, 5.41) is 2.94. The molecule has 2 aromatic rings. The molecule has 1 aliphatic rings. The minimum atomic E-state index is -0.284. The van der Waals surface area contributed by atoms with E-state index in [0.717, 1.165) is 30.4 Å². The summed E-state index contributed by atoms with van der Waals surface area (Å²) in [6.07, 6.45) is 2.93. The molecular weight excluding hydrogens is 265 g/mol. The maximum Gasteiger partial charge on any atom is 0.231 e. The Hall–Kier alpha value is -2.16. The van der Waals surface area contributed by atoms with Crippen LogP contribution in [0.5, 0.6) is 0 Å². The van der Waals surface area contributed by atoms with Crippen LogP contribution in [0.3, 0.4) is 0 Å². The molecule has 0 aliphatic heterocycles. The predicted octanol–water partition coefficient (Wildman–Crippen LogP) is 4.19. The van der Waals surface area contributed by atoms with Gasteiger partial charge in [-0.2, -0.15) is 0 Å². The Kier molecular flexibility index (Phi) is 3.74. The molecule has 2 aromatic carbocycles. The standard InChI is InChI=1S/C18H18FNO/c1-12-11-14(19)9-10-17(12)20-18(21)16-8-4-6-13-5-2-3-7-15(13)16/h2-3,5,7,9-11,16H,4,6,8H2,1H3,(H,20,21). The molecule has 1 aliphatic carbocycles. The lowest BCUT2D eigenvalue weighted by Gasteiger charge is -2.25. The average Bonchev–Trinajstić information content (AvgIpc) is 2.49. The summed E-state index contributed by atoms with van der Waals surface area (Å²) in [7, 11) is 0. The van der Waals surface area contributed by atoms with E-state index in [-0.39, 0.29) is 17.6 Å². The highest BCUT2D eigenvalue weighted by atomic mass is 19.1. The molecule has 0 heterocycles. The van der Waals surface area contributed by atoms with E-state index in [1.807, 2.05) is 18.2 Å². The molecule has 0 bridgehead atoms. The molecule has 0 aromatic heterocycles. The number of aryl methyl sites for hydroxylation is 2. The molecule has 1 unspecified atom stereocenters. The smallest absolute Gasteiger partial charge is 0.231 e. The van der Waals surface area contributed by atoms with Crippen molar-refractivity contribution in [1.82, 2.24) is 0 Å². The summed E-state index contributed by atoms with van der Waals surface area (Å²) in [5.41, 5.74) is 3.82. The van der Waals surface area contributed by atoms with E-state index in [1.54, 1.807) is 13.0 Å². The zero-order valence-corrected chi connectivity index (χ0v) is 12.0. The van der Waals surface area contributed by atoms with Crippen LogP contribution in [0.2, 0.25) is 0 Å². The fourth-order valence-corrected chi connectivity index (χ4v) is 3.01.